The standard InChI is InChI=1S/C11H16BrNO3.C10H16BrNO4/c1-4-8-7(2)5-9(11(15)16-3)13(8)10(14)6-12;1-6-3-7(10(15)16-2)12(8(6)5-13)9(14)4-11/h4,7-9H,1,5-6H2,2-3H3;6-8,13H,3-5H2,1-2H3/t7-,8-,9+;6-,7+,8-/m11/s1. The van der Waals surface area contributed by atoms with E-state index in [1.165, 1.54) is 19.1 Å². The average molecular weight is 584 g/mol. The molecule has 0 spiro atoms. The predicted molar refractivity (Wildman–Crippen MR) is 125 cm³/mol. The van der Waals surface area contributed by atoms with Crippen LogP contribution in [0.15, 0.2) is 12.7 Å². The van der Waals surface area contributed by atoms with Crippen LogP contribution in [0.25, 0.3) is 0 Å². The molecule has 2 rings (SSSR count). The Hall–Kier alpha value is -1.46. The molecule has 0 radical (unpaired) electrons. The first-order valence-corrected chi connectivity index (χ1v) is 12.5. The molecule has 0 aromatic rings. The van der Waals surface area contributed by atoms with E-state index in [0.717, 1.165) is 0 Å². The van der Waals surface area contributed by atoms with Gasteiger partial charge in [-0.05, 0) is 24.7 Å². The summed E-state index contributed by atoms with van der Waals surface area (Å²) >= 11 is 6.20. The summed E-state index contributed by atoms with van der Waals surface area (Å²) in [6, 6.07) is -1.43. The number of esters is 2. The normalized spacial score (nSPS) is 29.1. The number of methoxy groups -OCH3 is 2. The Balaban J connectivity index is 0.000000320. The van der Waals surface area contributed by atoms with Gasteiger partial charge in [-0.3, -0.25) is 9.59 Å². The Morgan fingerprint density at radius 2 is 1.38 bits per heavy atom. The van der Waals surface area contributed by atoms with E-state index < -0.39 is 18.1 Å². The summed E-state index contributed by atoms with van der Waals surface area (Å²) in [6.45, 7) is 7.51. The van der Waals surface area contributed by atoms with E-state index in [2.05, 4.69) is 43.2 Å². The molecule has 2 saturated heterocycles. The smallest absolute Gasteiger partial charge is 0.328 e. The van der Waals surface area contributed by atoms with Gasteiger partial charge in [0, 0.05) is 0 Å². The SMILES string of the molecule is C=C[C@@H]1[C@H](C)C[C@@H](C(=O)OC)N1C(=O)CBr.COC(=O)[C@@H]1C[C@@H](C)[C@@H](CO)N1C(=O)CBr. The van der Waals surface area contributed by atoms with Crippen LogP contribution in [0.4, 0.5) is 0 Å². The third-order valence-corrected chi connectivity index (χ3v) is 6.92. The highest BCUT2D eigenvalue weighted by Gasteiger charge is 2.45. The minimum atomic E-state index is -0.567. The Bertz CT molecular complexity index is 706. The number of hydrogen-bond acceptors (Lipinski definition) is 7. The van der Waals surface area contributed by atoms with Crippen LogP contribution in [0.2, 0.25) is 0 Å². The van der Waals surface area contributed by atoms with Crippen LogP contribution in [0.3, 0.4) is 0 Å². The van der Waals surface area contributed by atoms with Crippen LogP contribution in [-0.4, -0.2) is 94.3 Å². The van der Waals surface area contributed by atoms with Crippen LogP contribution >= 0.6 is 31.9 Å². The molecular formula is C21H32Br2N2O7. The fourth-order valence-corrected chi connectivity index (χ4v) is 4.94. The first-order chi connectivity index (χ1) is 15.1. The third-order valence-electron chi connectivity index (χ3n) is 5.96. The largest absolute Gasteiger partial charge is 0.467 e. The summed E-state index contributed by atoms with van der Waals surface area (Å²) in [4.78, 5) is 49.6. The van der Waals surface area contributed by atoms with Crippen molar-refractivity contribution >= 4 is 55.6 Å². The summed E-state index contributed by atoms with van der Waals surface area (Å²) in [5.74, 6) is -0.757. The fourth-order valence-electron chi connectivity index (χ4n) is 4.36. The van der Waals surface area contributed by atoms with Gasteiger partial charge in [0.2, 0.25) is 11.8 Å². The Morgan fingerprint density at radius 1 is 0.938 bits per heavy atom. The molecule has 0 aliphatic carbocycles. The first kappa shape index (κ1) is 28.6. The zero-order chi connectivity index (χ0) is 24.6. The van der Waals surface area contributed by atoms with E-state index in [-0.39, 0.29) is 59.0 Å². The van der Waals surface area contributed by atoms with Crippen molar-refractivity contribution in [3.63, 3.8) is 0 Å². The lowest BCUT2D eigenvalue weighted by Crippen LogP contribution is -2.47. The molecule has 0 saturated carbocycles. The summed E-state index contributed by atoms with van der Waals surface area (Å²) in [7, 11) is 2.64. The lowest BCUT2D eigenvalue weighted by Gasteiger charge is -2.28. The van der Waals surface area contributed by atoms with Gasteiger partial charge in [0.25, 0.3) is 0 Å². The average Bonchev–Trinajstić information content (AvgIpc) is 3.33. The number of halogens is 2. The molecule has 2 aliphatic rings. The third kappa shape index (κ3) is 6.32. The molecule has 11 heteroatoms. The molecule has 32 heavy (non-hydrogen) atoms. The van der Waals surface area contributed by atoms with Crippen LogP contribution in [0.1, 0.15) is 26.7 Å². The zero-order valence-corrected chi connectivity index (χ0v) is 22.0. The summed E-state index contributed by atoms with van der Waals surface area (Å²) in [6.07, 6.45) is 2.88. The zero-order valence-electron chi connectivity index (χ0n) is 18.8. The second-order valence-corrected chi connectivity index (χ2v) is 8.97. The molecule has 2 heterocycles. The monoisotopic (exact) mass is 582 g/mol. The van der Waals surface area contributed by atoms with E-state index in [1.807, 2.05) is 13.8 Å². The van der Waals surface area contributed by atoms with Crippen molar-refractivity contribution in [3.8, 4) is 0 Å². The van der Waals surface area contributed by atoms with E-state index >= 15 is 0 Å². The number of hydrogen-bond donors (Lipinski definition) is 1. The number of alkyl halides is 2. The van der Waals surface area contributed by atoms with E-state index in [0.29, 0.717) is 12.8 Å². The molecular weight excluding hydrogens is 552 g/mol. The van der Waals surface area contributed by atoms with Crippen LogP contribution in [-0.2, 0) is 28.7 Å². The quantitative estimate of drug-likeness (QED) is 0.286. The molecule has 2 fully saturated rings. The van der Waals surface area contributed by atoms with Crippen molar-refractivity contribution in [1.29, 1.82) is 0 Å². The van der Waals surface area contributed by atoms with Gasteiger partial charge < -0.3 is 24.4 Å². The second kappa shape index (κ2) is 13.3. The van der Waals surface area contributed by atoms with Crippen LogP contribution in [0.5, 0.6) is 0 Å². The minimum Gasteiger partial charge on any atom is -0.467 e. The number of carbonyl (C=O) groups is 4. The number of likely N-dealkylation sites (tertiary alicyclic amines) is 2. The van der Waals surface area contributed by atoms with E-state index in [4.69, 9.17) is 4.74 Å². The van der Waals surface area contributed by atoms with Crippen LogP contribution < -0.4 is 0 Å². The van der Waals surface area contributed by atoms with Gasteiger partial charge >= 0.3 is 11.9 Å². The summed E-state index contributed by atoms with van der Waals surface area (Å²) in [5.41, 5.74) is 0. The van der Waals surface area contributed by atoms with Crippen molar-refractivity contribution in [2.45, 2.75) is 50.9 Å². The number of rotatable bonds is 6. The number of ether oxygens (including phenoxy) is 2. The van der Waals surface area contributed by atoms with Gasteiger partial charge in [-0.25, -0.2) is 9.59 Å². The topological polar surface area (TPSA) is 113 Å². The molecule has 1 N–H and O–H groups in total. The molecule has 6 atom stereocenters. The van der Waals surface area contributed by atoms with Crippen LogP contribution in [0, 0.1) is 11.8 Å². The number of nitrogens with zero attached hydrogens (tertiary/aromatic N) is 2. The fraction of sp³-hybridized carbons (Fsp3) is 0.714. The first-order valence-electron chi connectivity index (χ1n) is 10.3. The maximum atomic E-state index is 11.8. The predicted octanol–water partition coefficient (Wildman–Crippen LogP) is 1.50. The molecule has 0 aromatic carbocycles. The van der Waals surface area contributed by atoms with Gasteiger partial charge in [-0.15, -0.1) is 6.58 Å². The Labute approximate surface area is 205 Å². The van der Waals surface area contributed by atoms with Gasteiger partial charge in [0.15, 0.2) is 0 Å². The molecule has 182 valence electrons. The van der Waals surface area contributed by atoms with Crippen molar-refractivity contribution in [2.75, 3.05) is 31.5 Å². The molecule has 0 aromatic heterocycles. The lowest BCUT2D eigenvalue weighted by atomic mass is 10.0. The minimum absolute atomic E-state index is 0.0888. The molecule has 9 nitrogen and oxygen atoms in total. The maximum Gasteiger partial charge on any atom is 0.328 e. The highest BCUT2D eigenvalue weighted by Crippen LogP contribution is 2.32. The van der Waals surface area contributed by atoms with Gasteiger partial charge in [-0.1, -0.05) is 51.8 Å². The highest BCUT2D eigenvalue weighted by molar-refractivity contribution is 9.09. The Morgan fingerprint density at radius 3 is 1.78 bits per heavy atom. The number of amides is 2. The molecule has 0 unspecified atom stereocenters. The lowest BCUT2D eigenvalue weighted by molar-refractivity contribution is -0.151. The number of carbonyl (C=O) groups excluding carboxylic acids is 4. The van der Waals surface area contributed by atoms with E-state index in [1.54, 1.807) is 11.0 Å². The van der Waals surface area contributed by atoms with Gasteiger partial charge in [-0.2, -0.15) is 0 Å². The maximum absolute atomic E-state index is 11.8. The Kier molecular flexibility index (Phi) is 11.9. The van der Waals surface area contributed by atoms with Gasteiger partial charge in [0.05, 0.1) is 43.6 Å². The molecule has 2 amide bonds. The second-order valence-electron chi connectivity index (χ2n) is 7.85. The van der Waals surface area contributed by atoms with Crippen molar-refractivity contribution < 1.29 is 33.8 Å². The van der Waals surface area contributed by atoms with Crippen molar-refractivity contribution in [3.05, 3.63) is 12.7 Å². The molecule has 0 bridgehead atoms. The summed E-state index contributed by atoms with van der Waals surface area (Å²) in [5, 5.41) is 9.61. The van der Waals surface area contributed by atoms with Crippen molar-refractivity contribution in [2.24, 2.45) is 11.8 Å². The summed E-state index contributed by atoms with van der Waals surface area (Å²) < 4.78 is 9.39. The number of aliphatic hydroxyl groups excluding tert-OH is 1. The number of aliphatic hydroxyl groups is 1. The van der Waals surface area contributed by atoms with Gasteiger partial charge in [0.1, 0.15) is 12.1 Å². The highest BCUT2D eigenvalue weighted by atomic mass is 79.9. The molecule has 2 aliphatic heterocycles. The van der Waals surface area contributed by atoms with Crippen molar-refractivity contribution in [1.82, 2.24) is 9.80 Å². The van der Waals surface area contributed by atoms with E-state index in [9.17, 15) is 24.3 Å².